The molecule has 5 heteroatoms. The molecule has 0 fully saturated rings. The predicted molar refractivity (Wildman–Crippen MR) is 87.7 cm³/mol. The Balaban J connectivity index is 2.19. The van der Waals surface area contributed by atoms with Crippen molar-refractivity contribution in [1.29, 1.82) is 0 Å². The summed E-state index contributed by atoms with van der Waals surface area (Å²) in [6, 6.07) is 10.9. The third-order valence-corrected chi connectivity index (χ3v) is 3.82. The number of aryl methyl sites for hydroxylation is 1. The Labute approximate surface area is 134 Å². The molecule has 0 N–H and O–H groups in total. The first-order valence-electron chi connectivity index (χ1n) is 7.39. The molecule has 4 nitrogen and oxygen atoms in total. The number of carbonyl (C=O) groups excluding carboxylic acids is 1. The zero-order valence-electron chi connectivity index (χ0n) is 13.4. The Morgan fingerprint density at radius 2 is 1.87 bits per heavy atom. The third kappa shape index (κ3) is 2.95. The van der Waals surface area contributed by atoms with Gasteiger partial charge in [-0.15, -0.1) is 0 Å². The summed E-state index contributed by atoms with van der Waals surface area (Å²) in [6.07, 6.45) is 1.54. The van der Waals surface area contributed by atoms with Gasteiger partial charge in [0, 0.05) is 25.9 Å². The molecule has 0 bridgehead atoms. The van der Waals surface area contributed by atoms with Crippen LogP contribution >= 0.6 is 0 Å². The molecule has 0 spiro atoms. The Hall–Kier alpha value is -2.69. The highest BCUT2D eigenvalue weighted by atomic mass is 19.1. The Morgan fingerprint density at radius 3 is 2.52 bits per heavy atom. The summed E-state index contributed by atoms with van der Waals surface area (Å²) < 4.78 is 15.3. The summed E-state index contributed by atoms with van der Waals surface area (Å²) in [5.74, 6) is -0.409. The van der Waals surface area contributed by atoms with Crippen LogP contribution in [-0.2, 0) is 11.2 Å². The number of carbonyl (C=O) groups is 1. The highest BCUT2D eigenvalue weighted by molar-refractivity contribution is 5.81. The van der Waals surface area contributed by atoms with Crippen LogP contribution < -0.4 is 0 Å². The van der Waals surface area contributed by atoms with E-state index in [9.17, 15) is 9.18 Å². The van der Waals surface area contributed by atoms with Crippen molar-refractivity contribution in [3.8, 4) is 11.3 Å². The summed E-state index contributed by atoms with van der Waals surface area (Å²) in [4.78, 5) is 18.3. The fraction of sp³-hybridized carbons (Fsp3) is 0.222. The molecular weight excluding hydrogens is 293 g/mol. The lowest BCUT2D eigenvalue weighted by Gasteiger charge is -2.11. The van der Waals surface area contributed by atoms with Gasteiger partial charge >= 0.3 is 0 Å². The zero-order valence-corrected chi connectivity index (χ0v) is 13.4. The standard InChI is InChI=1S/C18H18FN3O/c1-12-4-6-13(7-5-12)18-15(10-17(23)21(2)3)22-11-14(19)8-9-16(22)20-18/h4-9,11H,10H2,1-3H3. The quantitative estimate of drug-likeness (QED) is 0.745. The molecule has 1 aromatic carbocycles. The first-order chi connectivity index (χ1) is 11.0. The second-order valence-corrected chi connectivity index (χ2v) is 5.81. The minimum atomic E-state index is -0.357. The number of aromatic nitrogens is 2. The number of imidazole rings is 1. The molecule has 2 heterocycles. The number of halogens is 1. The topological polar surface area (TPSA) is 37.6 Å². The summed E-state index contributed by atoms with van der Waals surface area (Å²) in [7, 11) is 3.41. The maximum Gasteiger partial charge on any atom is 0.228 e. The first-order valence-corrected chi connectivity index (χ1v) is 7.39. The lowest BCUT2D eigenvalue weighted by atomic mass is 10.1. The SMILES string of the molecule is Cc1ccc(-c2nc3ccc(F)cn3c2CC(=O)N(C)C)cc1. The molecule has 0 aliphatic carbocycles. The van der Waals surface area contributed by atoms with E-state index < -0.39 is 0 Å². The minimum absolute atomic E-state index is 0.0515. The van der Waals surface area contributed by atoms with Gasteiger partial charge in [0.25, 0.3) is 0 Å². The van der Waals surface area contributed by atoms with E-state index in [1.165, 1.54) is 17.2 Å². The van der Waals surface area contributed by atoms with E-state index in [1.54, 1.807) is 24.6 Å². The van der Waals surface area contributed by atoms with E-state index in [0.29, 0.717) is 17.0 Å². The number of pyridine rings is 1. The monoisotopic (exact) mass is 311 g/mol. The maximum atomic E-state index is 13.6. The van der Waals surface area contributed by atoms with E-state index in [2.05, 4.69) is 4.98 Å². The van der Waals surface area contributed by atoms with E-state index >= 15 is 0 Å². The van der Waals surface area contributed by atoms with E-state index in [-0.39, 0.29) is 18.1 Å². The van der Waals surface area contributed by atoms with Gasteiger partial charge < -0.3 is 4.90 Å². The Bertz CT molecular complexity index is 866. The van der Waals surface area contributed by atoms with Crippen molar-refractivity contribution >= 4 is 11.6 Å². The van der Waals surface area contributed by atoms with Gasteiger partial charge in [0.1, 0.15) is 11.5 Å². The molecule has 0 aliphatic rings. The number of rotatable bonds is 3. The van der Waals surface area contributed by atoms with Crippen LogP contribution in [-0.4, -0.2) is 34.3 Å². The van der Waals surface area contributed by atoms with Crippen molar-refractivity contribution in [1.82, 2.24) is 14.3 Å². The highest BCUT2D eigenvalue weighted by Gasteiger charge is 2.18. The number of fused-ring (bicyclic) bond motifs is 1. The lowest BCUT2D eigenvalue weighted by Crippen LogP contribution is -2.24. The van der Waals surface area contributed by atoms with Gasteiger partial charge in [0.15, 0.2) is 0 Å². The van der Waals surface area contributed by atoms with Crippen LogP contribution in [0.2, 0.25) is 0 Å². The van der Waals surface area contributed by atoms with E-state index in [1.807, 2.05) is 31.2 Å². The summed E-state index contributed by atoms with van der Waals surface area (Å²) in [5.41, 5.74) is 4.10. The normalized spacial score (nSPS) is 11.0. The number of hydrogen-bond donors (Lipinski definition) is 0. The molecule has 118 valence electrons. The van der Waals surface area contributed by atoms with Crippen LogP contribution in [0.15, 0.2) is 42.6 Å². The maximum absolute atomic E-state index is 13.6. The molecule has 2 aromatic heterocycles. The van der Waals surface area contributed by atoms with Crippen LogP contribution in [0, 0.1) is 12.7 Å². The number of nitrogens with zero attached hydrogens (tertiary/aromatic N) is 3. The molecule has 3 aromatic rings. The smallest absolute Gasteiger partial charge is 0.228 e. The molecule has 1 amide bonds. The zero-order chi connectivity index (χ0) is 16.6. The van der Waals surface area contributed by atoms with Crippen LogP contribution in [0.4, 0.5) is 4.39 Å². The summed E-state index contributed by atoms with van der Waals surface area (Å²) in [5, 5.41) is 0. The molecule has 0 aliphatic heterocycles. The van der Waals surface area contributed by atoms with Crippen LogP contribution in [0.3, 0.4) is 0 Å². The second-order valence-electron chi connectivity index (χ2n) is 5.81. The second kappa shape index (κ2) is 5.83. The van der Waals surface area contributed by atoms with Gasteiger partial charge in [-0.25, -0.2) is 9.37 Å². The lowest BCUT2D eigenvalue weighted by molar-refractivity contribution is -0.128. The fourth-order valence-corrected chi connectivity index (χ4v) is 2.48. The van der Waals surface area contributed by atoms with Crippen molar-refractivity contribution in [2.45, 2.75) is 13.3 Å². The molecule has 0 saturated carbocycles. The molecule has 23 heavy (non-hydrogen) atoms. The van der Waals surface area contributed by atoms with Crippen molar-refractivity contribution in [2.24, 2.45) is 0 Å². The Morgan fingerprint density at radius 1 is 1.17 bits per heavy atom. The number of hydrogen-bond acceptors (Lipinski definition) is 2. The van der Waals surface area contributed by atoms with Gasteiger partial charge in [0.2, 0.25) is 5.91 Å². The number of likely N-dealkylation sites (N-methyl/N-ethyl adjacent to an activating group) is 1. The molecule has 0 radical (unpaired) electrons. The molecule has 3 rings (SSSR count). The van der Waals surface area contributed by atoms with E-state index in [4.69, 9.17) is 0 Å². The van der Waals surface area contributed by atoms with Gasteiger partial charge in [0.05, 0.1) is 17.8 Å². The van der Waals surface area contributed by atoms with Crippen molar-refractivity contribution < 1.29 is 9.18 Å². The van der Waals surface area contributed by atoms with Gasteiger partial charge in [-0.05, 0) is 19.1 Å². The Kier molecular flexibility index (Phi) is 3.86. The van der Waals surface area contributed by atoms with Gasteiger partial charge in [-0.1, -0.05) is 29.8 Å². The largest absolute Gasteiger partial charge is 0.348 e. The summed E-state index contributed by atoms with van der Waals surface area (Å²) >= 11 is 0. The van der Waals surface area contributed by atoms with Gasteiger partial charge in [-0.3, -0.25) is 9.20 Å². The van der Waals surface area contributed by atoms with Crippen LogP contribution in [0.5, 0.6) is 0 Å². The van der Waals surface area contributed by atoms with E-state index in [0.717, 1.165) is 11.1 Å². The van der Waals surface area contributed by atoms with Crippen molar-refractivity contribution in [3.63, 3.8) is 0 Å². The van der Waals surface area contributed by atoms with Crippen molar-refractivity contribution in [3.05, 3.63) is 59.7 Å². The average molecular weight is 311 g/mol. The molecule has 0 saturated heterocycles. The first kappa shape index (κ1) is 15.2. The van der Waals surface area contributed by atoms with Crippen LogP contribution in [0.25, 0.3) is 16.9 Å². The van der Waals surface area contributed by atoms with Crippen LogP contribution in [0.1, 0.15) is 11.3 Å². The summed E-state index contributed by atoms with van der Waals surface area (Å²) in [6.45, 7) is 2.01. The third-order valence-electron chi connectivity index (χ3n) is 3.82. The molecule has 0 atom stereocenters. The average Bonchev–Trinajstić information content (AvgIpc) is 2.86. The minimum Gasteiger partial charge on any atom is -0.348 e. The molecule has 0 unspecified atom stereocenters. The highest BCUT2D eigenvalue weighted by Crippen LogP contribution is 2.26. The number of amides is 1. The predicted octanol–water partition coefficient (Wildman–Crippen LogP) is 3.08. The van der Waals surface area contributed by atoms with Crippen molar-refractivity contribution in [2.75, 3.05) is 14.1 Å². The van der Waals surface area contributed by atoms with Gasteiger partial charge in [-0.2, -0.15) is 0 Å². The molecular formula is C18H18FN3O. The number of benzene rings is 1. The fourth-order valence-electron chi connectivity index (χ4n) is 2.48.